The minimum Gasteiger partial charge on any atom is -0.376 e. The van der Waals surface area contributed by atoms with E-state index in [0.717, 1.165) is 4.57 Å². The van der Waals surface area contributed by atoms with Gasteiger partial charge in [0.05, 0.1) is 32.5 Å². The molecule has 0 spiro atoms. The van der Waals surface area contributed by atoms with E-state index in [4.69, 9.17) is 9.47 Å². The molecule has 0 bridgehead atoms. The standard InChI is InChI=1S/C11H15F3N4O2/c12-11(13,14)10-16-15-9-6-17(1-2-18(9)10)5-8-7-19-3-4-20-8/h8H,1-7H2. The summed E-state index contributed by atoms with van der Waals surface area (Å²) in [5, 5.41) is 6.90. The molecular weight excluding hydrogens is 277 g/mol. The van der Waals surface area contributed by atoms with Gasteiger partial charge in [0.15, 0.2) is 0 Å². The fourth-order valence-electron chi connectivity index (χ4n) is 2.50. The van der Waals surface area contributed by atoms with Crippen molar-refractivity contribution in [3.63, 3.8) is 0 Å². The fraction of sp³-hybridized carbons (Fsp3) is 0.818. The van der Waals surface area contributed by atoms with Crippen LogP contribution in [0.2, 0.25) is 0 Å². The average molecular weight is 292 g/mol. The summed E-state index contributed by atoms with van der Waals surface area (Å²) in [5.41, 5.74) is 0. The van der Waals surface area contributed by atoms with Crippen LogP contribution < -0.4 is 0 Å². The second-order valence-corrected chi connectivity index (χ2v) is 4.89. The molecule has 3 heterocycles. The summed E-state index contributed by atoms with van der Waals surface area (Å²) in [6.07, 6.45) is -4.48. The molecule has 0 amide bonds. The molecule has 2 aliphatic heterocycles. The first kappa shape index (κ1) is 13.8. The molecule has 1 aromatic rings. The molecule has 1 fully saturated rings. The van der Waals surface area contributed by atoms with E-state index in [1.165, 1.54) is 0 Å². The Labute approximate surface area is 113 Å². The van der Waals surface area contributed by atoms with Crippen molar-refractivity contribution in [3.8, 4) is 0 Å². The number of aromatic nitrogens is 3. The first-order valence-corrected chi connectivity index (χ1v) is 6.45. The van der Waals surface area contributed by atoms with Gasteiger partial charge in [0, 0.05) is 19.6 Å². The van der Waals surface area contributed by atoms with Crippen molar-refractivity contribution in [1.29, 1.82) is 0 Å². The zero-order chi connectivity index (χ0) is 14.2. The Kier molecular flexibility index (Phi) is 3.65. The topological polar surface area (TPSA) is 52.4 Å². The van der Waals surface area contributed by atoms with Gasteiger partial charge in [0.25, 0.3) is 0 Å². The van der Waals surface area contributed by atoms with E-state index in [1.807, 2.05) is 4.90 Å². The van der Waals surface area contributed by atoms with Crippen molar-refractivity contribution in [3.05, 3.63) is 11.6 Å². The third kappa shape index (κ3) is 2.79. The maximum atomic E-state index is 12.7. The summed E-state index contributed by atoms with van der Waals surface area (Å²) >= 11 is 0. The van der Waals surface area contributed by atoms with Crippen LogP contribution in [0.15, 0.2) is 0 Å². The van der Waals surface area contributed by atoms with Crippen molar-refractivity contribution < 1.29 is 22.6 Å². The van der Waals surface area contributed by atoms with Gasteiger partial charge in [-0.3, -0.25) is 4.90 Å². The lowest BCUT2D eigenvalue weighted by Crippen LogP contribution is -2.43. The van der Waals surface area contributed by atoms with E-state index < -0.39 is 12.0 Å². The Hall–Kier alpha value is -1.19. The SMILES string of the molecule is FC(F)(F)c1nnc2n1CCN(CC1COCCO1)C2. The number of nitrogens with zero attached hydrogens (tertiary/aromatic N) is 4. The van der Waals surface area contributed by atoms with Gasteiger partial charge in [-0.25, -0.2) is 0 Å². The molecule has 0 saturated carbocycles. The number of halogens is 3. The molecule has 1 aromatic heterocycles. The van der Waals surface area contributed by atoms with Gasteiger partial charge >= 0.3 is 6.18 Å². The Bertz CT molecular complexity index is 471. The zero-order valence-corrected chi connectivity index (χ0v) is 10.8. The minimum atomic E-state index is -4.45. The van der Waals surface area contributed by atoms with Crippen LogP contribution in [0.3, 0.4) is 0 Å². The van der Waals surface area contributed by atoms with Crippen molar-refractivity contribution in [2.75, 3.05) is 32.9 Å². The monoisotopic (exact) mass is 292 g/mol. The lowest BCUT2D eigenvalue weighted by Gasteiger charge is -2.32. The Morgan fingerprint density at radius 3 is 2.75 bits per heavy atom. The average Bonchev–Trinajstić information content (AvgIpc) is 2.83. The van der Waals surface area contributed by atoms with Gasteiger partial charge in [-0.05, 0) is 0 Å². The van der Waals surface area contributed by atoms with Crippen LogP contribution in [0.5, 0.6) is 0 Å². The maximum Gasteiger partial charge on any atom is 0.451 e. The largest absolute Gasteiger partial charge is 0.451 e. The van der Waals surface area contributed by atoms with E-state index in [2.05, 4.69) is 10.2 Å². The first-order chi connectivity index (χ1) is 9.54. The predicted octanol–water partition coefficient (Wildman–Crippen LogP) is 0.528. The zero-order valence-electron chi connectivity index (χ0n) is 10.8. The molecule has 9 heteroatoms. The molecule has 0 aliphatic carbocycles. The highest BCUT2D eigenvalue weighted by atomic mass is 19.4. The molecule has 2 aliphatic rings. The summed E-state index contributed by atoms with van der Waals surface area (Å²) in [6.45, 7) is 3.43. The molecule has 6 nitrogen and oxygen atoms in total. The Morgan fingerprint density at radius 1 is 1.20 bits per heavy atom. The highest BCUT2D eigenvalue weighted by molar-refractivity contribution is 5.02. The quantitative estimate of drug-likeness (QED) is 0.796. The summed E-state index contributed by atoms with van der Waals surface area (Å²) < 4.78 is 50.1. The van der Waals surface area contributed by atoms with E-state index in [1.54, 1.807) is 0 Å². The second kappa shape index (κ2) is 5.30. The van der Waals surface area contributed by atoms with Crippen LogP contribution >= 0.6 is 0 Å². The van der Waals surface area contributed by atoms with Crippen LogP contribution in [0, 0.1) is 0 Å². The van der Waals surface area contributed by atoms with Gasteiger partial charge in [0.1, 0.15) is 5.82 Å². The van der Waals surface area contributed by atoms with E-state index in [-0.39, 0.29) is 12.6 Å². The minimum absolute atomic E-state index is 0.0275. The summed E-state index contributed by atoms with van der Waals surface area (Å²) in [6, 6.07) is 0. The third-order valence-electron chi connectivity index (χ3n) is 3.43. The van der Waals surface area contributed by atoms with Gasteiger partial charge in [-0.1, -0.05) is 0 Å². The fourth-order valence-corrected chi connectivity index (χ4v) is 2.50. The number of hydrogen-bond acceptors (Lipinski definition) is 5. The maximum absolute atomic E-state index is 12.7. The number of rotatable bonds is 2. The van der Waals surface area contributed by atoms with Crippen molar-refractivity contribution in [2.45, 2.75) is 25.4 Å². The van der Waals surface area contributed by atoms with Crippen LogP contribution in [0.1, 0.15) is 11.6 Å². The first-order valence-electron chi connectivity index (χ1n) is 6.45. The highest BCUT2D eigenvalue weighted by Crippen LogP contribution is 2.29. The molecule has 1 saturated heterocycles. The van der Waals surface area contributed by atoms with Crippen LogP contribution in [-0.2, 0) is 28.7 Å². The van der Waals surface area contributed by atoms with Crippen molar-refractivity contribution in [1.82, 2.24) is 19.7 Å². The van der Waals surface area contributed by atoms with E-state index in [0.29, 0.717) is 45.3 Å². The van der Waals surface area contributed by atoms with E-state index in [9.17, 15) is 13.2 Å². The number of ether oxygens (including phenoxy) is 2. The summed E-state index contributed by atoms with van der Waals surface area (Å²) in [4.78, 5) is 2.02. The van der Waals surface area contributed by atoms with Gasteiger partial charge in [-0.15, -0.1) is 10.2 Å². The Morgan fingerprint density at radius 2 is 2.05 bits per heavy atom. The predicted molar refractivity (Wildman–Crippen MR) is 60.9 cm³/mol. The van der Waals surface area contributed by atoms with Gasteiger partial charge < -0.3 is 14.0 Å². The third-order valence-corrected chi connectivity index (χ3v) is 3.43. The number of fused-ring (bicyclic) bond motifs is 1. The smallest absolute Gasteiger partial charge is 0.376 e. The van der Waals surface area contributed by atoms with Crippen molar-refractivity contribution in [2.24, 2.45) is 0 Å². The number of hydrogen-bond donors (Lipinski definition) is 0. The molecule has 0 aromatic carbocycles. The second-order valence-electron chi connectivity index (χ2n) is 4.89. The highest BCUT2D eigenvalue weighted by Gasteiger charge is 2.39. The van der Waals surface area contributed by atoms with Crippen LogP contribution in [-0.4, -0.2) is 58.7 Å². The summed E-state index contributed by atoms with van der Waals surface area (Å²) in [5.74, 6) is -0.565. The lowest BCUT2D eigenvalue weighted by molar-refractivity contribution is -0.148. The molecule has 0 N–H and O–H groups in total. The molecule has 1 unspecified atom stereocenters. The van der Waals surface area contributed by atoms with E-state index >= 15 is 0 Å². The molecule has 20 heavy (non-hydrogen) atoms. The molecular formula is C11H15F3N4O2. The molecule has 3 rings (SSSR count). The number of alkyl halides is 3. The lowest BCUT2D eigenvalue weighted by atomic mass is 10.2. The Balaban J connectivity index is 1.65. The molecule has 1 atom stereocenters. The molecule has 0 radical (unpaired) electrons. The van der Waals surface area contributed by atoms with Crippen LogP contribution in [0.4, 0.5) is 13.2 Å². The van der Waals surface area contributed by atoms with Crippen molar-refractivity contribution >= 4 is 0 Å². The van der Waals surface area contributed by atoms with Gasteiger partial charge in [0.2, 0.25) is 5.82 Å². The molecule has 112 valence electrons. The normalized spacial score (nSPS) is 24.6. The van der Waals surface area contributed by atoms with Crippen LogP contribution in [0.25, 0.3) is 0 Å². The summed E-state index contributed by atoms with van der Waals surface area (Å²) in [7, 11) is 0. The van der Waals surface area contributed by atoms with Gasteiger partial charge in [-0.2, -0.15) is 13.2 Å².